The number of carbonyl (C=O) groups excluding carboxylic acids is 4. The van der Waals surface area contributed by atoms with E-state index in [2.05, 4.69) is 9.47 Å². The summed E-state index contributed by atoms with van der Waals surface area (Å²) >= 11 is 5.92. The number of hydrogen-bond donors (Lipinski definition) is 2. The fourth-order valence-electron chi connectivity index (χ4n) is 1.87. The van der Waals surface area contributed by atoms with Crippen LogP contribution < -0.4 is 10.6 Å². The third kappa shape index (κ3) is 5.58. The summed E-state index contributed by atoms with van der Waals surface area (Å²) in [5.74, 6) is -5.75. The first-order valence-electron chi connectivity index (χ1n) is 7.66. The molecule has 0 radical (unpaired) electrons. The Labute approximate surface area is 166 Å². The number of nitro benzene ring substituents is 2. The Bertz CT molecular complexity index is 833. The van der Waals surface area contributed by atoms with Crippen molar-refractivity contribution in [1.82, 2.24) is 0 Å². The molecule has 0 aliphatic carbocycles. The molecule has 2 N–H and O–H groups in total. The summed E-state index contributed by atoms with van der Waals surface area (Å²) in [7, 11) is 0. The number of nitro groups is 2. The number of nitrogens with one attached hydrogen (secondary N) is 2. The van der Waals surface area contributed by atoms with E-state index >= 15 is 0 Å². The average Bonchev–Trinajstić information content (AvgIpc) is 2.64. The van der Waals surface area contributed by atoms with Gasteiger partial charge in [0.2, 0.25) is 0 Å². The Morgan fingerprint density at radius 2 is 1.24 bits per heavy atom. The summed E-state index contributed by atoms with van der Waals surface area (Å²) in [6.07, 6.45) is 0. The second-order valence-electron chi connectivity index (χ2n) is 4.84. The first kappa shape index (κ1) is 23.2. The van der Waals surface area contributed by atoms with E-state index in [9.17, 15) is 39.4 Å². The predicted octanol–water partition coefficient (Wildman–Crippen LogP) is 1.16. The lowest BCUT2D eigenvalue weighted by molar-refractivity contribution is -0.393. The summed E-state index contributed by atoms with van der Waals surface area (Å²) in [4.78, 5) is 66.8. The number of halogens is 1. The highest BCUT2D eigenvalue weighted by atomic mass is 35.5. The second-order valence-corrected chi connectivity index (χ2v) is 5.22. The lowest BCUT2D eigenvalue weighted by Gasteiger charge is -2.12. The van der Waals surface area contributed by atoms with Crippen molar-refractivity contribution in [3.8, 4) is 0 Å². The minimum absolute atomic E-state index is 0.177. The molecule has 0 aliphatic rings. The van der Waals surface area contributed by atoms with Crippen LogP contribution in [0.3, 0.4) is 0 Å². The lowest BCUT2D eigenvalue weighted by Crippen LogP contribution is -2.27. The van der Waals surface area contributed by atoms with Crippen LogP contribution in [0.15, 0.2) is 6.07 Å². The van der Waals surface area contributed by atoms with E-state index < -0.39 is 61.4 Å². The molecule has 0 aromatic heterocycles. The van der Waals surface area contributed by atoms with Gasteiger partial charge in [0.1, 0.15) is 16.4 Å². The summed E-state index contributed by atoms with van der Waals surface area (Å²) in [6.45, 7) is 2.44. The molecule has 15 heteroatoms. The van der Waals surface area contributed by atoms with Gasteiger partial charge >= 0.3 is 35.1 Å². The van der Waals surface area contributed by atoms with Gasteiger partial charge < -0.3 is 20.1 Å². The van der Waals surface area contributed by atoms with Gasteiger partial charge in [-0.25, -0.2) is 9.59 Å². The van der Waals surface area contributed by atoms with Crippen molar-refractivity contribution < 1.29 is 38.5 Å². The first-order valence-corrected chi connectivity index (χ1v) is 8.04. The van der Waals surface area contributed by atoms with Gasteiger partial charge in [-0.1, -0.05) is 11.6 Å². The molecule has 0 saturated heterocycles. The minimum Gasteiger partial charge on any atom is -0.459 e. The zero-order valence-corrected chi connectivity index (χ0v) is 15.6. The van der Waals surface area contributed by atoms with Crippen LogP contribution in [0.25, 0.3) is 0 Å². The quantitative estimate of drug-likeness (QED) is 0.284. The molecule has 1 rings (SSSR count). The summed E-state index contributed by atoms with van der Waals surface area (Å²) in [5.41, 5.74) is -3.76. The molecule has 0 saturated carbocycles. The van der Waals surface area contributed by atoms with Crippen molar-refractivity contribution in [2.24, 2.45) is 0 Å². The van der Waals surface area contributed by atoms with E-state index in [0.717, 1.165) is 0 Å². The first-order chi connectivity index (χ1) is 13.5. The largest absolute Gasteiger partial charge is 0.459 e. The predicted molar refractivity (Wildman–Crippen MR) is 95.3 cm³/mol. The summed E-state index contributed by atoms with van der Waals surface area (Å²) in [5, 5.41) is 25.2. The minimum atomic E-state index is -1.46. The maximum atomic E-state index is 11.8. The van der Waals surface area contributed by atoms with E-state index in [4.69, 9.17) is 11.6 Å². The van der Waals surface area contributed by atoms with Crippen molar-refractivity contribution in [3.63, 3.8) is 0 Å². The third-order valence-corrected chi connectivity index (χ3v) is 3.39. The molecule has 1 aromatic carbocycles. The number of ether oxygens (including phenoxy) is 2. The number of carbonyl (C=O) groups is 4. The van der Waals surface area contributed by atoms with Crippen LogP contribution in [0, 0.1) is 20.2 Å². The third-order valence-electron chi connectivity index (χ3n) is 3.02. The van der Waals surface area contributed by atoms with Crippen molar-refractivity contribution in [3.05, 3.63) is 31.3 Å². The van der Waals surface area contributed by atoms with Gasteiger partial charge in [0, 0.05) is 0 Å². The maximum absolute atomic E-state index is 11.8. The molecular weight excluding hydrogens is 420 g/mol. The number of benzene rings is 1. The van der Waals surface area contributed by atoms with Gasteiger partial charge in [-0.2, -0.15) is 0 Å². The second kappa shape index (κ2) is 9.93. The number of hydrogen-bond acceptors (Lipinski definition) is 10. The number of esters is 2. The fourth-order valence-corrected chi connectivity index (χ4v) is 2.16. The average molecular weight is 433 g/mol. The van der Waals surface area contributed by atoms with Crippen molar-refractivity contribution in [2.75, 3.05) is 23.8 Å². The molecule has 29 heavy (non-hydrogen) atoms. The van der Waals surface area contributed by atoms with Crippen molar-refractivity contribution in [1.29, 1.82) is 0 Å². The molecule has 14 nitrogen and oxygen atoms in total. The maximum Gasteiger partial charge on any atom is 0.397 e. The van der Waals surface area contributed by atoms with Gasteiger partial charge in [-0.05, 0) is 13.8 Å². The molecule has 0 atom stereocenters. The van der Waals surface area contributed by atoms with E-state index in [1.54, 1.807) is 10.6 Å². The molecule has 0 aliphatic heterocycles. The Hall–Kier alpha value is -3.81. The van der Waals surface area contributed by atoms with Crippen LogP contribution in [0.1, 0.15) is 13.8 Å². The van der Waals surface area contributed by atoms with Gasteiger partial charge in [-0.3, -0.25) is 29.8 Å². The summed E-state index contributed by atoms with van der Waals surface area (Å²) < 4.78 is 8.86. The molecular formula is C14H13ClN4O10. The van der Waals surface area contributed by atoms with E-state index in [1.165, 1.54) is 13.8 Å². The van der Waals surface area contributed by atoms with Gasteiger partial charge in [0.15, 0.2) is 0 Å². The van der Waals surface area contributed by atoms with Gasteiger partial charge in [-0.15, -0.1) is 0 Å². The molecule has 156 valence electrons. The Morgan fingerprint density at radius 3 is 1.52 bits per heavy atom. The summed E-state index contributed by atoms with van der Waals surface area (Å²) in [6, 6.07) is 0.382. The van der Waals surface area contributed by atoms with E-state index in [-0.39, 0.29) is 13.2 Å². The van der Waals surface area contributed by atoms with Crippen molar-refractivity contribution >= 4 is 58.1 Å². The number of rotatable bonds is 6. The molecule has 0 unspecified atom stereocenters. The zero-order chi connectivity index (χ0) is 22.3. The van der Waals surface area contributed by atoms with E-state index in [1.807, 2.05) is 0 Å². The Kier molecular flexibility index (Phi) is 7.96. The van der Waals surface area contributed by atoms with Crippen molar-refractivity contribution in [2.45, 2.75) is 13.8 Å². The van der Waals surface area contributed by atoms with Crippen LogP contribution in [0.4, 0.5) is 22.7 Å². The molecule has 0 fully saturated rings. The SMILES string of the molecule is CCOC(=O)C(=O)Nc1c([N+](=O)[O-])cc([N+](=O)[O-])c(NC(=O)C(=O)OCC)c1Cl. The number of anilines is 2. The monoisotopic (exact) mass is 432 g/mol. The lowest BCUT2D eigenvalue weighted by atomic mass is 10.2. The molecule has 2 amide bonds. The standard InChI is InChI=1S/C14H13ClN4O10/c1-3-28-13(22)11(20)16-9-6(18(24)25)5-7(19(26)27)10(8(9)15)17-12(21)14(23)29-4-2/h5H,3-4H2,1-2H3,(H,16,20)(H,17,21). The highest BCUT2D eigenvalue weighted by Gasteiger charge is 2.33. The fraction of sp³-hybridized carbons (Fsp3) is 0.286. The Balaban J connectivity index is 3.55. The van der Waals surface area contributed by atoms with Gasteiger partial charge in [0.25, 0.3) is 0 Å². The van der Waals surface area contributed by atoms with E-state index in [0.29, 0.717) is 6.07 Å². The van der Waals surface area contributed by atoms with Crippen LogP contribution in [-0.4, -0.2) is 46.8 Å². The van der Waals surface area contributed by atoms with Crippen LogP contribution in [-0.2, 0) is 28.7 Å². The topological polar surface area (TPSA) is 197 Å². The molecule has 1 aromatic rings. The molecule has 0 spiro atoms. The van der Waals surface area contributed by atoms with Gasteiger partial charge in [0.05, 0.1) is 29.1 Å². The highest BCUT2D eigenvalue weighted by molar-refractivity contribution is 6.44. The zero-order valence-electron chi connectivity index (χ0n) is 14.8. The number of amides is 2. The highest BCUT2D eigenvalue weighted by Crippen LogP contribution is 2.44. The normalized spacial score (nSPS) is 9.90. The van der Waals surface area contributed by atoms with Crippen LogP contribution in [0.5, 0.6) is 0 Å². The van der Waals surface area contributed by atoms with Crippen LogP contribution >= 0.6 is 11.6 Å². The van der Waals surface area contributed by atoms with Crippen LogP contribution in [0.2, 0.25) is 5.02 Å². The Morgan fingerprint density at radius 1 is 0.897 bits per heavy atom. The molecule has 0 heterocycles. The number of nitrogens with zero attached hydrogens (tertiary/aromatic N) is 2. The smallest absolute Gasteiger partial charge is 0.397 e. The molecule has 0 bridgehead atoms.